The Morgan fingerprint density at radius 3 is 2.36 bits per heavy atom. The lowest BCUT2D eigenvalue weighted by molar-refractivity contribution is 0.102. The molecule has 0 saturated carbocycles. The third kappa shape index (κ3) is 4.08. The average molecular weight is 438 g/mol. The molecule has 0 aliphatic carbocycles. The number of carbonyl (C=O) groups is 1. The first-order valence-electron chi connectivity index (χ1n) is 10.6. The number of fused-ring (bicyclic) bond motifs is 2. The van der Waals surface area contributed by atoms with Crippen molar-refractivity contribution in [2.75, 3.05) is 19.0 Å². The number of ether oxygens (including phenoxy) is 2. The number of amides is 1. The second kappa shape index (κ2) is 8.63. The fourth-order valence-corrected chi connectivity index (χ4v) is 3.71. The van der Waals surface area contributed by atoms with E-state index in [0.717, 1.165) is 27.7 Å². The van der Waals surface area contributed by atoms with Gasteiger partial charge in [0, 0.05) is 5.69 Å². The lowest BCUT2D eigenvalue weighted by Crippen LogP contribution is -2.13. The monoisotopic (exact) mass is 438 g/mol. The van der Waals surface area contributed by atoms with Crippen molar-refractivity contribution in [1.29, 1.82) is 0 Å². The highest BCUT2D eigenvalue weighted by molar-refractivity contribution is 6.09. The SMILES string of the molecule is CCOc1ccc(-n2nc3ccc(NC(=O)c4cc5ccccc5cc4OC)cc3n2)cc1. The molecule has 0 saturated heterocycles. The molecule has 0 aliphatic rings. The van der Waals surface area contributed by atoms with Gasteiger partial charge in [-0.15, -0.1) is 10.2 Å². The van der Waals surface area contributed by atoms with E-state index in [1.807, 2.05) is 79.7 Å². The summed E-state index contributed by atoms with van der Waals surface area (Å²) < 4.78 is 10.9. The Kier molecular flexibility index (Phi) is 5.36. The van der Waals surface area contributed by atoms with Gasteiger partial charge in [-0.25, -0.2) is 0 Å². The molecule has 33 heavy (non-hydrogen) atoms. The van der Waals surface area contributed by atoms with Crippen molar-refractivity contribution in [2.45, 2.75) is 6.92 Å². The zero-order valence-electron chi connectivity index (χ0n) is 18.3. The summed E-state index contributed by atoms with van der Waals surface area (Å²) in [7, 11) is 1.56. The number of methoxy groups -OCH3 is 1. The zero-order chi connectivity index (χ0) is 22.8. The molecule has 0 radical (unpaired) electrons. The lowest BCUT2D eigenvalue weighted by Gasteiger charge is -2.11. The van der Waals surface area contributed by atoms with E-state index in [1.165, 1.54) is 0 Å². The van der Waals surface area contributed by atoms with E-state index < -0.39 is 0 Å². The minimum atomic E-state index is -0.254. The van der Waals surface area contributed by atoms with Crippen molar-refractivity contribution in [2.24, 2.45) is 0 Å². The molecular formula is C26H22N4O3. The summed E-state index contributed by atoms with van der Waals surface area (Å²) >= 11 is 0. The van der Waals surface area contributed by atoms with Crippen LogP contribution in [0.15, 0.2) is 78.9 Å². The minimum absolute atomic E-state index is 0.254. The second-order valence-corrected chi connectivity index (χ2v) is 7.47. The number of anilines is 1. The van der Waals surface area contributed by atoms with Crippen LogP contribution in [0.25, 0.3) is 27.5 Å². The number of hydrogen-bond donors (Lipinski definition) is 1. The van der Waals surface area contributed by atoms with Crippen LogP contribution in [-0.2, 0) is 0 Å². The Morgan fingerprint density at radius 2 is 1.64 bits per heavy atom. The van der Waals surface area contributed by atoms with E-state index in [2.05, 4.69) is 15.5 Å². The number of rotatable bonds is 6. The van der Waals surface area contributed by atoms with Gasteiger partial charge in [-0.05, 0) is 72.3 Å². The number of aromatic nitrogens is 3. The van der Waals surface area contributed by atoms with Crippen molar-refractivity contribution >= 4 is 33.4 Å². The molecular weight excluding hydrogens is 416 g/mol. The summed E-state index contributed by atoms with van der Waals surface area (Å²) in [5.74, 6) is 1.07. The molecule has 1 aromatic heterocycles. The van der Waals surface area contributed by atoms with Gasteiger partial charge in [0.05, 0.1) is 25.0 Å². The van der Waals surface area contributed by atoms with Gasteiger partial charge in [0.15, 0.2) is 0 Å². The zero-order valence-corrected chi connectivity index (χ0v) is 18.3. The molecule has 1 amide bonds. The molecule has 1 heterocycles. The van der Waals surface area contributed by atoms with Crippen LogP contribution in [0, 0.1) is 0 Å². The fourth-order valence-electron chi connectivity index (χ4n) is 3.71. The summed E-state index contributed by atoms with van der Waals surface area (Å²) in [5.41, 5.74) is 3.31. The first-order chi connectivity index (χ1) is 16.1. The fraction of sp³-hybridized carbons (Fsp3) is 0.115. The quantitative estimate of drug-likeness (QED) is 0.393. The molecule has 0 atom stereocenters. The van der Waals surface area contributed by atoms with Gasteiger partial charge >= 0.3 is 0 Å². The summed E-state index contributed by atoms with van der Waals surface area (Å²) in [6.07, 6.45) is 0. The van der Waals surface area contributed by atoms with Crippen molar-refractivity contribution in [3.05, 3.63) is 84.4 Å². The Balaban J connectivity index is 1.41. The van der Waals surface area contributed by atoms with Crippen LogP contribution in [0.4, 0.5) is 5.69 Å². The highest BCUT2D eigenvalue weighted by atomic mass is 16.5. The highest BCUT2D eigenvalue weighted by Gasteiger charge is 2.15. The maximum Gasteiger partial charge on any atom is 0.259 e. The van der Waals surface area contributed by atoms with Crippen LogP contribution in [0.5, 0.6) is 11.5 Å². The summed E-state index contributed by atoms with van der Waals surface area (Å²) in [6, 6.07) is 24.6. The lowest BCUT2D eigenvalue weighted by atomic mass is 10.1. The summed E-state index contributed by atoms with van der Waals surface area (Å²) in [6.45, 7) is 2.56. The van der Waals surface area contributed by atoms with Gasteiger partial charge in [-0.1, -0.05) is 24.3 Å². The van der Waals surface area contributed by atoms with Crippen LogP contribution in [0.1, 0.15) is 17.3 Å². The van der Waals surface area contributed by atoms with Gasteiger partial charge in [-0.3, -0.25) is 4.79 Å². The molecule has 7 heteroatoms. The van der Waals surface area contributed by atoms with Gasteiger partial charge in [0.25, 0.3) is 5.91 Å². The largest absolute Gasteiger partial charge is 0.496 e. The number of carbonyl (C=O) groups excluding carboxylic acids is 1. The van der Waals surface area contributed by atoms with Gasteiger partial charge in [0.2, 0.25) is 0 Å². The Labute approximate surface area is 190 Å². The molecule has 5 rings (SSSR count). The Hall–Kier alpha value is -4.39. The highest BCUT2D eigenvalue weighted by Crippen LogP contribution is 2.27. The molecule has 0 aliphatic heterocycles. The summed E-state index contributed by atoms with van der Waals surface area (Å²) in [5, 5.41) is 14.0. The van der Waals surface area contributed by atoms with Crippen molar-refractivity contribution in [3.63, 3.8) is 0 Å². The molecule has 0 spiro atoms. The molecule has 1 N–H and O–H groups in total. The number of nitrogens with one attached hydrogen (secondary N) is 1. The summed E-state index contributed by atoms with van der Waals surface area (Å²) in [4.78, 5) is 14.6. The van der Waals surface area contributed by atoms with Crippen LogP contribution in [0.2, 0.25) is 0 Å². The van der Waals surface area contributed by atoms with E-state index in [1.54, 1.807) is 18.0 Å². The molecule has 0 fully saturated rings. The van der Waals surface area contributed by atoms with Crippen LogP contribution in [0.3, 0.4) is 0 Å². The minimum Gasteiger partial charge on any atom is -0.496 e. The molecule has 7 nitrogen and oxygen atoms in total. The smallest absolute Gasteiger partial charge is 0.259 e. The number of benzene rings is 4. The predicted molar refractivity (Wildman–Crippen MR) is 128 cm³/mol. The second-order valence-electron chi connectivity index (χ2n) is 7.47. The third-order valence-corrected chi connectivity index (χ3v) is 5.33. The average Bonchev–Trinajstić information content (AvgIpc) is 3.27. The van der Waals surface area contributed by atoms with Crippen LogP contribution >= 0.6 is 0 Å². The Bertz CT molecular complexity index is 1460. The molecule has 0 bridgehead atoms. The van der Waals surface area contributed by atoms with Crippen LogP contribution < -0.4 is 14.8 Å². The van der Waals surface area contributed by atoms with Crippen molar-refractivity contribution < 1.29 is 14.3 Å². The van der Waals surface area contributed by atoms with Gasteiger partial charge in [0.1, 0.15) is 22.5 Å². The first kappa shape index (κ1) is 20.5. The van der Waals surface area contributed by atoms with Gasteiger partial charge in [-0.2, -0.15) is 4.80 Å². The number of hydrogen-bond acceptors (Lipinski definition) is 5. The van der Waals surface area contributed by atoms with Crippen molar-refractivity contribution in [1.82, 2.24) is 15.0 Å². The van der Waals surface area contributed by atoms with Crippen molar-refractivity contribution in [3.8, 4) is 17.2 Å². The maximum absolute atomic E-state index is 13.0. The molecule has 5 aromatic rings. The van der Waals surface area contributed by atoms with Gasteiger partial charge < -0.3 is 14.8 Å². The van der Waals surface area contributed by atoms with E-state index in [9.17, 15) is 4.79 Å². The van der Waals surface area contributed by atoms with Crippen LogP contribution in [-0.4, -0.2) is 34.6 Å². The number of nitrogens with zero attached hydrogens (tertiary/aromatic N) is 3. The normalized spacial score (nSPS) is 11.0. The molecule has 164 valence electrons. The topological polar surface area (TPSA) is 78.3 Å². The van der Waals surface area contributed by atoms with E-state index in [4.69, 9.17) is 9.47 Å². The third-order valence-electron chi connectivity index (χ3n) is 5.33. The molecule has 4 aromatic carbocycles. The van der Waals surface area contributed by atoms with E-state index in [0.29, 0.717) is 29.1 Å². The molecule has 0 unspecified atom stereocenters. The van der Waals surface area contributed by atoms with E-state index in [-0.39, 0.29) is 5.91 Å². The Morgan fingerprint density at radius 1 is 0.909 bits per heavy atom. The predicted octanol–water partition coefficient (Wildman–Crippen LogP) is 5.23. The first-order valence-corrected chi connectivity index (χ1v) is 10.6. The standard InChI is InChI=1S/C26H22N4O3/c1-3-33-21-11-9-20(10-12-21)30-28-23-13-8-19(16-24(23)29-30)27-26(31)22-14-17-6-4-5-7-18(17)15-25(22)32-2/h4-16H,3H2,1-2H3,(H,27,31). The maximum atomic E-state index is 13.0. The van der Waals surface area contributed by atoms with E-state index >= 15 is 0 Å².